The van der Waals surface area contributed by atoms with Crippen molar-refractivity contribution in [2.45, 2.75) is 87.5 Å². The molecule has 1 heterocycles. The normalized spacial score (nSPS) is 11.5. The van der Waals surface area contributed by atoms with Crippen LogP contribution < -0.4 is 0 Å². The summed E-state index contributed by atoms with van der Waals surface area (Å²) in [4.78, 5) is 15.4. The highest BCUT2D eigenvalue weighted by Gasteiger charge is 2.19. The van der Waals surface area contributed by atoms with E-state index in [1.807, 2.05) is 32.0 Å². The summed E-state index contributed by atoms with van der Waals surface area (Å²) in [5.41, 5.74) is 1.23. The largest absolute Gasteiger partial charge is 0.299 e. The molecule has 0 saturated carbocycles. The van der Waals surface area contributed by atoms with Crippen molar-refractivity contribution in [2.75, 3.05) is 0 Å². The summed E-state index contributed by atoms with van der Waals surface area (Å²) in [5, 5.41) is 0. The van der Waals surface area contributed by atoms with Crippen LogP contribution in [0.15, 0.2) is 24.4 Å². The van der Waals surface area contributed by atoms with Crippen LogP contribution in [0.5, 0.6) is 0 Å². The first-order valence-electron chi connectivity index (χ1n) is 9.08. The van der Waals surface area contributed by atoms with Gasteiger partial charge in [-0.15, -0.1) is 0 Å². The smallest absolute Gasteiger partial charge is 0.136 e. The van der Waals surface area contributed by atoms with Gasteiger partial charge in [0.2, 0.25) is 0 Å². The van der Waals surface area contributed by atoms with Gasteiger partial charge >= 0.3 is 0 Å². The highest BCUT2D eigenvalue weighted by atomic mass is 16.1. The number of hydrogen-bond donors (Lipinski definition) is 0. The molecule has 23 heavy (non-hydrogen) atoms. The Labute approximate surface area is 145 Å². The third-order valence-corrected chi connectivity index (χ3v) is 3.39. The Hall–Kier alpha value is -1.18. The second kappa shape index (κ2) is 14.4. The summed E-state index contributed by atoms with van der Waals surface area (Å²) in [6.07, 6.45) is 7.54. The average molecular weight is 322 g/mol. The van der Waals surface area contributed by atoms with Gasteiger partial charge in [0.15, 0.2) is 0 Å². The highest BCUT2D eigenvalue weighted by Crippen LogP contribution is 2.21. The van der Waals surface area contributed by atoms with Crippen molar-refractivity contribution in [1.29, 1.82) is 0 Å². The molecule has 2 heteroatoms. The topological polar surface area (TPSA) is 30.0 Å². The van der Waals surface area contributed by atoms with Crippen molar-refractivity contribution in [2.24, 2.45) is 11.3 Å². The van der Waals surface area contributed by atoms with E-state index >= 15 is 0 Å². The number of rotatable bonds is 5. The predicted octanol–water partition coefficient (Wildman–Crippen LogP) is 6.62. The first-order chi connectivity index (χ1) is 10.7. The Morgan fingerprint density at radius 2 is 1.70 bits per heavy atom. The SMILES string of the molecule is CCC(C)C(=O)CC(C)(C)C.CCCCC.Cc1ccccn1. The molecule has 0 aliphatic carbocycles. The lowest BCUT2D eigenvalue weighted by molar-refractivity contribution is -0.124. The summed E-state index contributed by atoms with van der Waals surface area (Å²) in [6, 6.07) is 5.86. The molecule has 0 aromatic carbocycles. The van der Waals surface area contributed by atoms with E-state index in [4.69, 9.17) is 0 Å². The maximum absolute atomic E-state index is 11.4. The lowest BCUT2D eigenvalue weighted by Gasteiger charge is -2.18. The maximum atomic E-state index is 11.4. The minimum atomic E-state index is 0.153. The Morgan fingerprint density at radius 3 is 1.91 bits per heavy atom. The quantitative estimate of drug-likeness (QED) is 0.609. The predicted molar refractivity (Wildman–Crippen MR) is 103 cm³/mol. The van der Waals surface area contributed by atoms with Crippen molar-refractivity contribution < 1.29 is 4.79 Å². The monoisotopic (exact) mass is 321 g/mol. The van der Waals surface area contributed by atoms with Crippen molar-refractivity contribution in [3.8, 4) is 0 Å². The van der Waals surface area contributed by atoms with E-state index in [1.54, 1.807) is 6.20 Å². The number of unbranched alkanes of at least 4 members (excludes halogenated alkanes) is 2. The first-order valence-corrected chi connectivity index (χ1v) is 9.08. The zero-order valence-corrected chi connectivity index (χ0v) is 16.8. The van der Waals surface area contributed by atoms with Gasteiger partial charge in [0.1, 0.15) is 5.78 Å². The highest BCUT2D eigenvalue weighted by molar-refractivity contribution is 5.81. The number of nitrogens with zero attached hydrogens (tertiary/aromatic N) is 1. The third-order valence-electron chi connectivity index (χ3n) is 3.39. The van der Waals surface area contributed by atoms with E-state index in [9.17, 15) is 4.79 Å². The van der Waals surface area contributed by atoms with Crippen LogP contribution in [0.4, 0.5) is 0 Å². The van der Waals surface area contributed by atoms with Crippen LogP contribution in [0.1, 0.15) is 86.3 Å². The average Bonchev–Trinajstić information content (AvgIpc) is 2.47. The summed E-state index contributed by atoms with van der Waals surface area (Å²) < 4.78 is 0. The van der Waals surface area contributed by atoms with Crippen molar-refractivity contribution in [3.05, 3.63) is 30.1 Å². The number of hydrogen-bond acceptors (Lipinski definition) is 2. The van der Waals surface area contributed by atoms with Crippen LogP contribution in [-0.2, 0) is 4.79 Å². The van der Waals surface area contributed by atoms with Gasteiger partial charge in [-0.1, -0.05) is 73.8 Å². The Kier molecular flexibility index (Phi) is 15.1. The van der Waals surface area contributed by atoms with Gasteiger partial charge in [-0.05, 0) is 30.9 Å². The number of Topliss-reactive ketones (excluding diaryl/α,β-unsaturated/α-hetero) is 1. The molecule has 0 N–H and O–H groups in total. The van der Waals surface area contributed by atoms with Gasteiger partial charge in [-0.3, -0.25) is 9.78 Å². The fraction of sp³-hybridized carbons (Fsp3) is 0.714. The number of pyridine rings is 1. The molecule has 0 fully saturated rings. The van der Waals surface area contributed by atoms with Crippen LogP contribution in [0.2, 0.25) is 0 Å². The fourth-order valence-corrected chi connectivity index (χ4v) is 1.73. The van der Waals surface area contributed by atoms with Crippen molar-refractivity contribution in [1.82, 2.24) is 4.98 Å². The lowest BCUT2D eigenvalue weighted by atomic mass is 9.85. The van der Waals surface area contributed by atoms with Crippen LogP contribution in [0, 0.1) is 18.3 Å². The molecular formula is C21H39NO. The van der Waals surface area contributed by atoms with Gasteiger partial charge in [-0.2, -0.15) is 0 Å². The second-order valence-electron chi connectivity index (χ2n) is 7.34. The molecule has 0 aliphatic rings. The molecule has 0 bridgehead atoms. The molecule has 1 aromatic heterocycles. The molecule has 2 nitrogen and oxygen atoms in total. The van der Waals surface area contributed by atoms with Crippen molar-refractivity contribution in [3.63, 3.8) is 0 Å². The van der Waals surface area contributed by atoms with Gasteiger partial charge in [0.25, 0.3) is 0 Å². The molecule has 134 valence electrons. The minimum Gasteiger partial charge on any atom is -0.299 e. The first kappa shape index (κ1) is 24.1. The van der Waals surface area contributed by atoms with Gasteiger partial charge < -0.3 is 0 Å². The van der Waals surface area contributed by atoms with E-state index in [1.165, 1.54) is 19.3 Å². The molecule has 1 rings (SSSR count). The van der Waals surface area contributed by atoms with Gasteiger partial charge in [-0.25, -0.2) is 0 Å². The van der Waals surface area contributed by atoms with E-state index in [2.05, 4.69) is 46.5 Å². The van der Waals surface area contributed by atoms with Crippen LogP contribution in [0.25, 0.3) is 0 Å². The summed E-state index contributed by atoms with van der Waals surface area (Å²) >= 11 is 0. The Balaban J connectivity index is 0. The number of ketones is 1. The molecule has 0 aliphatic heterocycles. The zero-order chi connectivity index (χ0) is 18.3. The maximum Gasteiger partial charge on any atom is 0.136 e. The van der Waals surface area contributed by atoms with E-state index in [-0.39, 0.29) is 11.3 Å². The molecular weight excluding hydrogens is 282 g/mol. The number of carbonyl (C=O) groups is 1. The summed E-state index contributed by atoms with van der Waals surface area (Å²) in [5.74, 6) is 0.647. The number of carbonyl (C=O) groups excluding carboxylic acids is 1. The van der Waals surface area contributed by atoms with Crippen LogP contribution in [-0.4, -0.2) is 10.8 Å². The summed E-state index contributed by atoms with van der Waals surface area (Å²) in [6.45, 7) is 16.8. The third kappa shape index (κ3) is 18.8. The van der Waals surface area contributed by atoms with Gasteiger partial charge in [0, 0.05) is 24.2 Å². The molecule has 1 atom stereocenters. The Bertz CT molecular complexity index is 377. The molecule has 0 spiro atoms. The van der Waals surface area contributed by atoms with E-state index in [0.29, 0.717) is 12.2 Å². The van der Waals surface area contributed by atoms with Crippen molar-refractivity contribution >= 4 is 5.78 Å². The second-order valence-corrected chi connectivity index (χ2v) is 7.34. The fourth-order valence-electron chi connectivity index (χ4n) is 1.73. The van der Waals surface area contributed by atoms with E-state index < -0.39 is 0 Å². The molecule has 0 saturated heterocycles. The molecule has 0 amide bonds. The van der Waals surface area contributed by atoms with Gasteiger partial charge in [0.05, 0.1) is 0 Å². The molecule has 0 radical (unpaired) electrons. The standard InChI is InChI=1S/C10H20O.C6H7N.C5H12/c1-6-8(2)9(11)7-10(3,4)5;1-6-4-2-3-5-7-6;1-3-5-4-2/h8H,6-7H2,1-5H3;2-5H,1H3;3-5H2,1-2H3. The summed E-state index contributed by atoms with van der Waals surface area (Å²) in [7, 11) is 0. The van der Waals surface area contributed by atoms with Crippen LogP contribution >= 0.6 is 0 Å². The van der Waals surface area contributed by atoms with Crippen LogP contribution in [0.3, 0.4) is 0 Å². The molecule has 1 unspecified atom stereocenters. The lowest BCUT2D eigenvalue weighted by Crippen LogP contribution is -2.18. The minimum absolute atomic E-state index is 0.153. The number of aryl methyl sites for hydroxylation is 1. The zero-order valence-electron chi connectivity index (χ0n) is 16.8. The van der Waals surface area contributed by atoms with E-state index in [0.717, 1.165) is 12.1 Å². The molecule has 1 aromatic rings. The number of aromatic nitrogens is 1. The Morgan fingerprint density at radius 1 is 1.13 bits per heavy atom.